The summed E-state index contributed by atoms with van der Waals surface area (Å²) in [5.41, 5.74) is 1.36. The number of hydrogen-bond acceptors (Lipinski definition) is 6. The number of piperidine rings is 1. The van der Waals surface area contributed by atoms with Crippen LogP contribution in [0.2, 0.25) is 0 Å². The first-order valence-electron chi connectivity index (χ1n) is 14.9. The predicted molar refractivity (Wildman–Crippen MR) is 151 cm³/mol. The van der Waals surface area contributed by atoms with E-state index in [4.69, 9.17) is 0 Å². The van der Waals surface area contributed by atoms with Gasteiger partial charge in [-0.1, -0.05) is 56.5 Å². The number of aliphatic carboxylic acids is 1. The fraction of sp³-hybridized carbons (Fsp3) is 0.645. The van der Waals surface area contributed by atoms with Crippen LogP contribution in [-0.4, -0.2) is 82.2 Å². The first-order valence-corrected chi connectivity index (χ1v) is 14.9. The molecule has 2 aromatic rings. The van der Waals surface area contributed by atoms with Crippen LogP contribution in [0.1, 0.15) is 69.8 Å². The molecular weight excluding hydrogens is 474 g/mol. The number of carboxylic acid groups (broad SMARTS) is 1. The lowest BCUT2D eigenvalue weighted by molar-refractivity contribution is -0.145. The zero-order valence-electron chi connectivity index (χ0n) is 23.0. The van der Waals surface area contributed by atoms with Gasteiger partial charge in [0.25, 0.3) is 0 Å². The van der Waals surface area contributed by atoms with Crippen molar-refractivity contribution >= 4 is 11.8 Å². The van der Waals surface area contributed by atoms with E-state index >= 15 is 0 Å². The fourth-order valence-electron chi connectivity index (χ4n) is 7.41. The first kappa shape index (κ1) is 27.1. The van der Waals surface area contributed by atoms with E-state index < -0.39 is 5.97 Å². The molecule has 1 aliphatic carbocycles. The van der Waals surface area contributed by atoms with Crippen molar-refractivity contribution in [3.63, 3.8) is 0 Å². The maximum absolute atomic E-state index is 12.5. The molecule has 38 heavy (non-hydrogen) atoms. The summed E-state index contributed by atoms with van der Waals surface area (Å²) in [6.45, 7) is 8.17. The number of nitrogens with zero attached hydrogens (tertiary/aromatic N) is 5. The summed E-state index contributed by atoms with van der Waals surface area (Å²) in [4.78, 5) is 28.9. The van der Waals surface area contributed by atoms with Crippen LogP contribution in [0.5, 0.6) is 0 Å². The van der Waals surface area contributed by atoms with Gasteiger partial charge in [-0.3, -0.25) is 14.7 Å². The summed E-state index contributed by atoms with van der Waals surface area (Å²) >= 11 is 0. The zero-order valence-corrected chi connectivity index (χ0v) is 23.0. The Morgan fingerprint density at radius 1 is 1.05 bits per heavy atom. The molecule has 206 valence electrons. The molecule has 0 unspecified atom stereocenters. The molecule has 7 heteroatoms. The molecule has 2 aliphatic heterocycles. The van der Waals surface area contributed by atoms with E-state index in [1.54, 1.807) is 12.4 Å². The highest BCUT2D eigenvalue weighted by atomic mass is 16.4. The largest absolute Gasteiger partial charge is 0.480 e. The number of likely N-dealkylation sites (tertiary alicyclic amines) is 2. The molecule has 1 saturated carbocycles. The van der Waals surface area contributed by atoms with Crippen molar-refractivity contribution in [1.82, 2.24) is 19.8 Å². The van der Waals surface area contributed by atoms with Crippen LogP contribution < -0.4 is 4.90 Å². The van der Waals surface area contributed by atoms with Crippen LogP contribution in [0.4, 0.5) is 5.82 Å². The Morgan fingerprint density at radius 3 is 2.47 bits per heavy atom. The third-order valence-electron chi connectivity index (χ3n) is 9.24. The van der Waals surface area contributed by atoms with Crippen molar-refractivity contribution in [3.8, 4) is 0 Å². The molecule has 3 atom stereocenters. The minimum absolute atomic E-state index is 0.290. The van der Waals surface area contributed by atoms with E-state index in [0.29, 0.717) is 17.9 Å². The second-order valence-corrected chi connectivity index (χ2v) is 11.7. The SMILES string of the molecule is CCCN(c1cnccn1)C1CCN(C[C@H]2CN([C@@H](C(=O)O)C3CCCCC3)C[C@@H]2c2ccccc2)CC1. The Labute approximate surface area is 228 Å². The molecule has 0 amide bonds. The minimum Gasteiger partial charge on any atom is -0.480 e. The Bertz CT molecular complexity index is 992. The van der Waals surface area contributed by atoms with Gasteiger partial charge in [0.2, 0.25) is 0 Å². The van der Waals surface area contributed by atoms with Gasteiger partial charge in [0.05, 0.1) is 6.20 Å². The van der Waals surface area contributed by atoms with Crippen LogP contribution in [0.15, 0.2) is 48.9 Å². The van der Waals surface area contributed by atoms with E-state index in [-0.39, 0.29) is 12.0 Å². The number of anilines is 1. The number of carboxylic acids is 1. The first-order chi connectivity index (χ1) is 18.6. The molecule has 2 saturated heterocycles. The topological polar surface area (TPSA) is 72.8 Å². The van der Waals surface area contributed by atoms with Crippen LogP contribution in [0, 0.1) is 11.8 Å². The molecule has 0 radical (unpaired) electrons. The summed E-state index contributed by atoms with van der Waals surface area (Å²) in [6, 6.07) is 11.0. The average molecular weight is 520 g/mol. The number of rotatable bonds is 10. The molecule has 1 N–H and O–H groups in total. The molecule has 0 spiro atoms. The number of benzene rings is 1. The predicted octanol–water partition coefficient (Wildman–Crippen LogP) is 4.91. The lowest BCUT2D eigenvalue weighted by Gasteiger charge is -2.40. The summed E-state index contributed by atoms with van der Waals surface area (Å²) in [6.07, 6.45) is 14.5. The maximum Gasteiger partial charge on any atom is 0.321 e. The highest BCUT2D eigenvalue weighted by Gasteiger charge is 2.43. The van der Waals surface area contributed by atoms with E-state index in [2.05, 4.69) is 61.9 Å². The van der Waals surface area contributed by atoms with Crippen LogP contribution in [-0.2, 0) is 4.79 Å². The highest BCUT2D eigenvalue weighted by molar-refractivity contribution is 5.74. The lowest BCUT2D eigenvalue weighted by Crippen LogP contribution is -2.48. The Morgan fingerprint density at radius 2 is 1.82 bits per heavy atom. The smallest absolute Gasteiger partial charge is 0.321 e. The second kappa shape index (κ2) is 13.0. The molecule has 3 aliphatic rings. The molecule has 7 nitrogen and oxygen atoms in total. The minimum atomic E-state index is -0.620. The Hall–Kier alpha value is -2.51. The van der Waals surface area contributed by atoms with Crippen molar-refractivity contribution < 1.29 is 9.90 Å². The van der Waals surface area contributed by atoms with Gasteiger partial charge in [-0.15, -0.1) is 0 Å². The molecule has 1 aromatic carbocycles. The molecule has 5 rings (SSSR count). The van der Waals surface area contributed by atoms with Gasteiger partial charge in [0.1, 0.15) is 11.9 Å². The third kappa shape index (κ3) is 6.37. The molecule has 0 bridgehead atoms. The average Bonchev–Trinajstić information content (AvgIpc) is 3.36. The summed E-state index contributed by atoms with van der Waals surface area (Å²) in [5, 5.41) is 10.3. The van der Waals surface area contributed by atoms with Gasteiger partial charge < -0.3 is 14.9 Å². The monoisotopic (exact) mass is 519 g/mol. The maximum atomic E-state index is 12.5. The molecule has 3 heterocycles. The lowest BCUT2D eigenvalue weighted by atomic mass is 9.83. The normalized spacial score (nSPS) is 24.9. The molecule has 1 aromatic heterocycles. The van der Waals surface area contributed by atoms with Crippen LogP contribution >= 0.6 is 0 Å². The van der Waals surface area contributed by atoms with Gasteiger partial charge in [-0.2, -0.15) is 0 Å². The summed E-state index contributed by atoms with van der Waals surface area (Å²) in [5.74, 6) is 1.50. The molecule has 3 fully saturated rings. The fourth-order valence-corrected chi connectivity index (χ4v) is 7.41. The van der Waals surface area contributed by atoms with E-state index in [1.807, 2.05) is 6.20 Å². The number of carbonyl (C=O) groups is 1. The van der Waals surface area contributed by atoms with Crippen molar-refractivity contribution in [2.24, 2.45) is 11.8 Å². The summed E-state index contributed by atoms with van der Waals surface area (Å²) < 4.78 is 0. The van der Waals surface area contributed by atoms with Crippen molar-refractivity contribution in [2.75, 3.05) is 44.2 Å². The number of aromatic nitrogens is 2. The van der Waals surface area contributed by atoms with Gasteiger partial charge in [-0.25, -0.2) is 4.98 Å². The van der Waals surface area contributed by atoms with Gasteiger partial charge in [0.15, 0.2) is 0 Å². The van der Waals surface area contributed by atoms with Gasteiger partial charge in [-0.05, 0) is 49.5 Å². The van der Waals surface area contributed by atoms with E-state index in [1.165, 1.54) is 24.8 Å². The van der Waals surface area contributed by atoms with Crippen molar-refractivity contribution in [3.05, 3.63) is 54.5 Å². The van der Waals surface area contributed by atoms with Crippen LogP contribution in [0.3, 0.4) is 0 Å². The van der Waals surface area contributed by atoms with Crippen molar-refractivity contribution in [1.29, 1.82) is 0 Å². The quantitative estimate of drug-likeness (QED) is 0.478. The van der Waals surface area contributed by atoms with Gasteiger partial charge in [0, 0.05) is 63.6 Å². The van der Waals surface area contributed by atoms with E-state index in [0.717, 1.165) is 77.2 Å². The second-order valence-electron chi connectivity index (χ2n) is 11.7. The van der Waals surface area contributed by atoms with Crippen LogP contribution in [0.25, 0.3) is 0 Å². The standard InChI is InChI=1S/C31H45N5O2/c1-2-17-36(29-20-32-15-16-33-29)27-13-18-34(19-14-27)21-26-22-35(23-28(26)24-9-5-3-6-10-24)30(31(37)38)25-11-7-4-8-12-25/h3,5-6,9-10,15-16,20,25-28,30H,2,4,7-8,11-14,17-19,21-23H2,1H3,(H,37,38)/t26-,28+,30+/m0/s1. The van der Waals surface area contributed by atoms with E-state index in [9.17, 15) is 9.90 Å². The Kier molecular flexibility index (Phi) is 9.28. The zero-order chi connectivity index (χ0) is 26.3. The van der Waals surface area contributed by atoms with Crippen molar-refractivity contribution in [2.45, 2.75) is 76.3 Å². The highest BCUT2D eigenvalue weighted by Crippen LogP contribution is 2.38. The Balaban J connectivity index is 1.26. The molecular formula is C31H45N5O2. The number of hydrogen-bond donors (Lipinski definition) is 1. The van der Waals surface area contributed by atoms with Gasteiger partial charge >= 0.3 is 5.97 Å². The summed E-state index contributed by atoms with van der Waals surface area (Å²) in [7, 11) is 0. The third-order valence-corrected chi connectivity index (χ3v) is 9.24.